The first-order chi connectivity index (χ1) is 14.9. The van der Waals surface area contributed by atoms with Crippen molar-refractivity contribution in [3.8, 4) is 0 Å². The van der Waals surface area contributed by atoms with Gasteiger partial charge in [0.1, 0.15) is 0 Å². The van der Waals surface area contributed by atoms with Crippen LogP contribution < -0.4 is 4.72 Å². The van der Waals surface area contributed by atoms with E-state index in [1.807, 2.05) is 18.2 Å². The zero-order chi connectivity index (χ0) is 22.3. The Labute approximate surface area is 182 Å². The molecule has 1 amide bonds. The Morgan fingerprint density at radius 2 is 1.61 bits per heavy atom. The van der Waals surface area contributed by atoms with E-state index >= 15 is 0 Å². The van der Waals surface area contributed by atoms with Crippen molar-refractivity contribution in [3.05, 3.63) is 65.7 Å². The molecule has 8 nitrogen and oxygen atoms in total. The molecule has 1 aliphatic rings. The van der Waals surface area contributed by atoms with Gasteiger partial charge in [-0.05, 0) is 29.8 Å². The van der Waals surface area contributed by atoms with Gasteiger partial charge in [-0.25, -0.2) is 17.9 Å². The van der Waals surface area contributed by atoms with E-state index in [2.05, 4.69) is 21.8 Å². The zero-order valence-electron chi connectivity index (χ0n) is 17.5. The maximum Gasteiger partial charge on any atom is 0.338 e. The lowest BCUT2D eigenvalue weighted by molar-refractivity contribution is -0.136. The van der Waals surface area contributed by atoms with E-state index in [-0.39, 0.29) is 29.5 Å². The van der Waals surface area contributed by atoms with Crippen molar-refractivity contribution in [3.63, 3.8) is 0 Å². The van der Waals surface area contributed by atoms with Gasteiger partial charge in [0.15, 0.2) is 6.61 Å². The summed E-state index contributed by atoms with van der Waals surface area (Å²) in [4.78, 5) is 28.7. The van der Waals surface area contributed by atoms with Crippen molar-refractivity contribution in [2.24, 2.45) is 0 Å². The predicted molar refractivity (Wildman–Crippen MR) is 116 cm³/mol. The second-order valence-corrected chi connectivity index (χ2v) is 9.01. The van der Waals surface area contributed by atoms with Gasteiger partial charge in [0.05, 0.1) is 10.5 Å². The van der Waals surface area contributed by atoms with Gasteiger partial charge in [0.2, 0.25) is 10.0 Å². The molecule has 31 heavy (non-hydrogen) atoms. The number of nitrogens with one attached hydrogen (secondary N) is 1. The SMILES string of the molecule is CCNS(=O)(=O)c1ccc(C(=O)OCC(=O)N2CCN(Cc3ccccc3)CC2)cc1. The maximum absolute atomic E-state index is 12.4. The van der Waals surface area contributed by atoms with Crippen LogP contribution >= 0.6 is 0 Å². The Morgan fingerprint density at radius 1 is 0.968 bits per heavy atom. The average Bonchev–Trinajstić information content (AvgIpc) is 2.78. The summed E-state index contributed by atoms with van der Waals surface area (Å²) in [6.45, 7) is 5.15. The summed E-state index contributed by atoms with van der Waals surface area (Å²) in [7, 11) is -3.58. The summed E-state index contributed by atoms with van der Waals surface area (Å²) in [5.41, 5.74) is 1.43. The van der Waals surface area contributed by atoms with Crippen LogP contribution in [0.4, 0.5) is 0 Å². The Morgan fingerprint density at radius 3 is 2.23 bits per heavy atom. The number of hydrogen-bond donors (Lipinski definition) is 1. The number of piperazine rings is 1. The molecule has 9 heteroatoms. The van der Waals surface area contributed by atoms with Gasteiger partial charge < -0.3 is 9.64 Å². The molecule has 0 spiro atoms. The first kappa shape index (κ1) is 22.9. The molecular formula is C22H27N3O5S. The molecule has 0 unspecified atom stereocenters. The topological polar surface area (TPSA) is 96.0 Å². The smallest absolute Gasteiger partial charge is 0.338 e. The number of carbonyl (C=O) groups is 2. The van der Waals surface area contributed by atoms with Crippen LogP contribution in [0, 0.1) is 0 Å². The third-order valence-corrected chi connectivity index (χ3v) is 6.60. The van der Waals surface area contributed by atoms with Crippen molar-refractivity contribution in [1.29, 1.82) is 0 Å². The highest BCUT2D eigenvalue weighted by Gasteiger charge is 2.22. The molecule has 0 radical (unpaired) electrons. The minimum Gasteiger partial charge on any atom is -0.452 e. The third kappa shape index (κ3) is 6.36. The number of nitrogens with zero attached hydrogens (tertiary/aromatic N) is 2. The van der Waals surface area contributed by atoms with Crippen LogP contribution in [0.15, 0.2) is 59.5 Å². The Hall–Kier alpha value is -2.75. The first-order valence-corrected chi connectivity index (χ1v) is 11.7. The van der Waals surface area contributed by atoms with E-state index in [1.54, 1.807) is 11.8 Å². The van der Waals surface area contributed by atoms with Crippen molar-refractivity contribution in [1.82, 2.24) is 14.5 Å². The molecule has 0 atom stereocenters. The molecule has 1 N–H and O–H groups in total. The van der Waals surface area contributed by atoms with E-state index in [0.717, 1.165) is 19.6 Å². The normalized spacial score (nSPS) is 14.9. The Kier molecular flexibility index (Phi) is 7.78. The molecule has 1 saturated heterocycles. The summed E-state index contributed by atoms with van der Waals surface area (Å²) < 4.78 is 31.4. The number of sulfonamides is 1. The molecule has 1 heterocycles. The lowest BCUT2D eigenvalue weighted by Gasteiger charge is -2.34. The van der Waals surface area contributed by atoms with Crippen molar-refractivity contribution < 1.29 is 22.7 Å². The average molecular weight is 446 g/mol. The van der Waals surface area contributed by atoms with Crippen molar-refractivity contribution in [2.45, 2.75) is 18.4 Å². The van der Waals surface area contributed by atoms with Gasteiger partial charge in [-0.3, -0.25) is 9.69 Å². The van der Waals surface area contributed by atoms with E-state index in [1.165, 1.54) is 29.8 Å². The molecule has 3 rings (SSSR count). The van der Waals surface area contributed by atoms with Crippen molar-refractivity contribution in [2.75, 3.05) is 39.3 Å². The minimum absolute atomic E-state index is 0.0651. The third-order valence-electron chi connectivity index (χ3n) is 5.04. The quantitative estimate of drug-likeness (QED) is 0.619. The Bertz CT molecular complexity index is 986. The second-order valence-electron chi connectivity index (χ2n) is 7.24. The molecule has 0 bridgehead atoms. The van der Waals surface area contributed by atoms with Crippen molar-refractivity contribution >= 4 is 21.9 Å². The lowest BCUT2D eigenvalue weighted by atomic mass is 10.2. The van der Waals surface area contributed by atoms with Gasteiger partial charge in [-0.15, -0.1) is 0 Å². The number of amides is 1. The highest BCUT2D eigenvalue weighted by molar-refractivity contribution is 7.89. The molecule has 1 aliphatic heterocycles. The lowest BCUT2D eigenvalue weighted by Crippen LogP contribution is -2.49. The van der Waals surface area contributed by atoms with Gasteiger partial charge in [-0.1, -0.05) is 37.3 Å². The van der Waals surface area contributed by atoms with E-state index in [0.29, 0.717) is 13.1 Å². The second kappa shape index (κ2) is 10.5. The summed E-state index contributed by atoms with van der Waals surface area (Å²) in [5, 5.41) is 0. The number of hydrogen-bond acceptors (Lipinski definition) is 6. The number of esters is 1. The predicted octanol–water partition coefficient (Wildman–Crippen LogP) is 1.49. The fourth-order valence-electron chi connectivity index (χ4n) is 3.34. The molecule has 0 aromatic heterocycles. The minimum atomic E-state index is -3.58. The summed E-state index contributed by atoms with van der Waals surface area (Å²) >= 11 is 0. The fourth-order valence-corrected chi connectivity index (χ4v) is 4.38. The number of carbonyl (C=O) groups excluding carboxylic acids is 2. The van der Waals surface area contributed by atoms with Crippen LogP contribution in [-0.2, 0) is 26.1 Å². The van der Waals surface area contributed by atoms with E-state index in [9.17, 15) is 18.0 Å². The maximum atomic E-state index is 12.4. The molecular weight excluding hydrogens is 418 g/mol. The number of ether oxygens (including phenoxy) is 1. The van der Waals surface area contributed by atoms with Gasteiger partial charge in [-0.2, -0.15) is 0 Å². The summed E-state index contributed by atoms with van der Waals surface area (Å²) in [5.74, 6) is -0.900. The van der Waals surface area contributed by atoms with Crippen LogP contribution in [0.2, 0.25) is 0 Å². The summed E-state index contributed by atoms with van der Waals surface area (Å²) in [6.07, 6.45) is 0. The summed E-state index contributed by atoms with van der Waals surface area (Å²) in [6, 6.07) is 15.6. The molecule has 2 aromatic carbocycles. The fraction of sp³-hybridized carbons (Fsp3) is 0.364. The monoisotopic (exact) mass is 445 g/mol. The molecule has 0 saturated carbocycles. The van der Waals surface area contributed by atoms with Gasteiger partial charge in [0, 0.05) is 39.3 Å². The van der Waals surface area contributed by atoms with Crippen LogP contribution in [0.1, 0.15) is 22.8 Å². The highest BCUT2D eigenvalue weighted by Crippen LogP contribution is 2.12. The standard InChI is InChI=1S/C22H27N3O5S/c1-2-23-31(28,29)20-10-8-19(9-11-20)22(27)30-17-21(26)25-14-12-24(13-15-25)16-18-6-4-3-5-7-18/h3-11,23H,2,12-17H2,1H3. The zero-order valence-corrected chi connectivity index (χ0v) is 18.3. The van der Waals surface area contributed by atoms with Gasteiger partial charge >= 0.3 is 5.97 Å². The first-order valence-electron chi connectivity index (χ1n) is 10.2. The highest BCUT2D eigenvalue weighted by atomic mass is 32.2. The molecule has 0 aliphatic carbocycles. The number of rotatable bonds is 8. The molecule has 2 aromatic rings. The number of benzene rings is 2. The molecule has 166 valence electrons. The van der Waals surface area contributed by atoms with Crippen LogP contribution in [-0.4, -0.2) is 69.4 Å². The Balaban J connectivity index is 1.45. The van der Waals surface area contributed by atoms with Crippen LogP contribution in [0.25, 0.3) is 0 Å². The largest absolute Gasteiger partial charge is 0.452 e. The van der Waals surface area contributed by atoms with Crippen LogP contribution in [0.3, 0.4) is 0 Å². The van der Waals surface area contributed by atoms with E-state index < -0.39 is 16.0 Å². The van der Waals surface area contributed by atoms with E-state index in [4.69, 9.17) is 4.74 Å². The van der Waals surface area contributed by atoms with Crippen LogP contribution in [0.5, 0.6) is 0 Å². The van der Waals surface area contributed by atoms with Gasteiger partial charge in [0.25, 0.3) is 5.91 Å². The molecule has 1 fully saturated rings.